The molecule has 0 atom stereocenters. The standard InChI is InChI=1S/C41H64N3S/c1-9-12-15-18-21-32(4)28-36(22-19-16-13-10-2)34(6)38(42)31-39(43-7)40-30-35(26-27-44(40)8)24-25-41-33(5)29-37(45-41)23-20-17-14-11-3/h24-31H,9-23,42H2,1-8H3/q+1/b25-24+,32-28+,36-34+,38-31-,43-39?. The second-order valence-corrected chi connectivity index (χ2v) is 14.0. The van der Waals surface area contributed by atoms with E-state index in [9.17, 15) is 0 Å². The molecule has 0 aromatic carbocycles. The second-order valence-electron chi connectivity index (χ2n) is 12.8. The Balaban J connectivity index is 2.30. The molecule has 3 nitrogen and oxygen atoms in total. The van der Waals surface area contributed by atoms with E-state index < -0.39 is 0 Å². The quantitative estimate of drug-likeness (QED) is 0.0634. The van der Waals surface area contributed by atoms with Crippen molar-refractivity contribution in [1.29, 1.82) is 0 Å². The lowest BCUT2D eigenvalue weighted by Crippen LogP contribution is -2.35. The molecule has 4 heteroatoms. The molecule has 2 aromatic rings. The molecule has 2 heterocycles. The first-order valence-corrected chi connectivity index (χ1v) is 18.6. The SMILES string of the molecule is CCCCCC/C(C)=C/C(CCCCCC)=C(C)/C(N)=C/C(=NC)c1cc(/C=C/c2sc(CCCCCC)cc2C)cc[n+]1C. The fourth-order valence-electron chi connectivity index (χ4n) is 5.70. The molecule has 0 bridgehead atoms. The van der Waals surface area contributed by atoms with Crippen LogP contribution in [-0.2, 0) is 13.5 Å². The summed E-state index contributed by atoms with van der Waals surface area (Å²) in [7, 11) is 3.95. The van der Waals surface area contributed by atoms with E-state index in [-0.39, 0.29) is 0 Å². The topological polar surface area (TPSA) is 42.3 Å². The van der Waals surface area contributed by atoms with Crippen LogP contribution in [0.2, 0.25) is 0 Å². The Morgan fingerprint density at radius 1 is 0.844 bits per heavy atom. The Kier molecular flexibility index (Phi) is 18.7. The number of pyridine rings is 1. The lowest BCUT2D eigenvalue weighted by Gasteiger charge is -2.12. The highest BCUT2D eigenvalue weighted by Gasteiger charge is 2.15. The van der Waals surface area contributed by atoms with Gasteiger partial charge in [-0.3, -0.25) is 4.99 Å². The maximum atomic E-state index is 6.84. The molecular formula is C41H64N3S+. The van der Waals surface area contributed by atoms with Crippen molar-refractivity contribution >= 4 is 29.2 Å². The zero-order valence-electron chi connectivity index (χ0n) is 30.1. The minimum Gasteiger partial charge on any atom is -0.398 e. The van der Waals surface area contributed by atoms with Gasteiger partial charge in [0.2, 0.25) is 5.69 Å². The third kappa shape index (κ3) is 14.1. The number of aromatic nitrogens is 1. The summed E-state index contributed by atoms with van der Waals surface area (Å²) in [6.45, 7) is 13.5. The molecule has 45 heavy (non-hydrogen) atoms. The number of aryl methyl sites for hydroxylation is 3. The van der Waals surface area contributed by atoms with Crippen LogP contribution in [0.25, 0.3) is 12.2 Å². The van der Waals surface area contributed by atoms with Gasteiger partial charge in [0, 0.05) is 34.6 Å². The van der Waals surface area contributed by atoms with E-state index in [2.05, 4.69) is 102 Å². The molecule has 2 aromatic heterocycles. The number of nitrogens with zero attached hydrogens (tertiary/aromatic N) is 2. The number of aliphatic imine (C=N–C) groups is 1. The molecule has 0 aliphatic carbocycles. The van der Waals surface area contributed by atoms with E-state index in [0.29, 0.717) is 0 Å². The highest BCUT2D eigenvalue weighted by Crippen LogP contribution is 2.26. The van der Waals surface area contributed by atoms with Crippen LogP contribution in [0.1, 0.15) is 151 Å². The van der Waals surface area contributed by atoms with E-state index in [1.54, 1.807) is 0 Å². The number of nitrogens with two attached hydrogens (primary N) is 1. The minimum absolute atomic E-state index is 0.803. The average Bonchev–Trinajstić information content (AvgIpc) is 3.39. The smallest absolute Gasteiger partial charge is 0.231 e. The molecule has 0 saturated heterocycles. The van der Waals surface area contributed by atoms with Gasteiger partial charge in [0.05, 0.1) is 0 Å². The van der Waals surface area contributed by atoms with Crippen molar-refractivity contribution in [3.05, 3.63) is 85.5 Å². The zero-order valence-corrected chi connectivity index (χ0v) is 30.9. The van der Waals surface area contributed by atoms with Crippen molar-refractivity contribution in [2.24, 2.45) is 17.8 Å². The van der Waals surface area contributed by atoms with Gasteiger partial charge < -0.3 is 5.73 Å². The molecule has 0 radical (unpaired) electrons. The van der Waals surface area contributed by atoms with Crippen molar-refractivity contribution in [3.8, 4) is 0 Å². The van der Waals surface area contributed by atoms with Gasteiger partial charge in [-0.15, -0.1) is 11.3 Å². The Hall–Kier alpha value is -2.72. The summed E-state index contributed by atoms with van der Waals surface area (Å²) in [6, 6.07) is 6.77. The zero-order chi connectivity index (χ0) is 33.0. The van der Waals surface area contributed by atoms with E-state index in [4.69, 9.17) is 10.7 Å². The van der Waals surface area contributed by atoms with Crippen LogP contribution in [0.5, 0.6) is 0 Å². The highest BCUT2D eigenvalue weighted by atomic mass is 32.1. The fourth-order valence-corrected chi connectivity index (χ4v) is 6.82. The Bertz CT molecular complexity index is 1320. The van der Waals surface area contributed by atoms with E-state index >= 15 is 0 Å². The molecule has 2 rings (SSSR count). The van der Waals surface area contributed by atoms with Gasteiger partial charge in [0.25, 0.3) is 0 Å². The van der Waals surface area contributed by atoms with Crippen molar-refractivity contribution < 1.29 is 4.57 Å². The van der Waals surface area contributed by atoms with Gasteiger partial charge >= 0.3 is 0 Å². The first-order chi connectivity index (χ1) is 21.7. The van der Waals surface area contributed by atoms with Crippen molar-refractivity contribution in [2.45, 2.75) is 138 Å². The van der Waals surface area contributed by atoms with Crippen molar-refractivity contribution in [2.75, 3.05) is 7.05 Å². The third-order valence-electron chi connectivity index (χ3n) is 8.74. The van der Waals surface area contributed by atoms with Gasteiger partial charge in [0.1, 0.15) is 12.8 Å². The summed E-state index contributed by atoms with van der Waals surface area (Å²) in [5, 5.41) is 0. The first-order valence-electron chi connectivity index (χ1n) is 17.8. The second kappa shape index (κ2) is 21.9. The van der Waals surface area contributed by atoms with Crippen molar-refractivity contribution in [3.63, 3.8) is 0 Å². The average molecular weight is 631 g/mol. The first kappa shape index (κ1) is 38.5. The lowest BCUT2D eigenvalue weighted by molar-refractivity contribution is -0.672. The maximum Gasteiger partial charge on any atom is 0.231 e. The molecule has 2 N–H and O–H groups in total. The van der Waals surface area contributed by atoms with Crippen molar-refractivity contribution in [1.82, 2.24) is 0 Å². The van der Waals surface area contributed by atoms with Gasteiger partial charge in [-0.2, -0.15) is 4.57 Å². The van der Waals surface area contributed by atoms with Crippen LogP contribution in [0, 0.1) is 6.92 Å². The van der Waals surface area contributed by atoms with Crippen LogP contribution in [0.15, 0.2) is 64.0 Å². The van der Waals surface area contributed by atoms with Gasteiger partial charge in [-0.1, -0.05) is 96.3 Å². The third-order valence-corrected chi connectivity index (χ3v) is 10.0. The van der Waals surface area contributed by atoms with Gasteiger partial charge in [-0.25, -0.2) is 0 Å². The summed E-state index contributed by atoms with van der Waals surface area (Å²) in [5.41, 5.74) is 16.2. The van der Waals surface area contributed by atoms with Crippen LogP contribution >= 0.6 is 11.3 Å². The monoisotopic (exact) mass is 630 g/mol. The summed E-state index contributed by atoms with van der Waals surface area (Å²) < 4.78 is 2.14. The largest absolute Gasteiger partial charge is 0.398 e. The molecule has 248 valence electrons. The molecule has 0 saturated carbocycles. The summed E-state index contributed by atoms with van der Waals surface area (Å²) in [5.74, 6) is 0. The molecule has 0 aliphatic heterocycles. The van der Waals surface area contributed by atoms with Crippen LogP contribution < -0.4 is 10.3 Å². The fraction of sp³-hybridized carbons (Fsp3) is 0.561. The molecule has 0 amide bonds. The van der Waals surface area contributed by atoms with E-state index in [1.165, 1.54) is 127 Å². The van der Waals surface area contributed by atoms with E-state index in [1.807, 2.05) is 18.4 Å². The Labute approximate surface area is 281 Å². The van der Waals surface area contributed by atoms with Gasteiger partial charge in [-0.05, 0) is 99.8 Å². The molecule has 0 aliphatic rings. The predicted octanol–water partition coefficient (Wildman–Crippen LogP) is 11.6. The van der Waals surface area contributed by atoms with Gasteiger partial charge in [0.15, 0.2) is 6.20 Å². The number of allylic oxidation sites excluding steroid dienone is 5. The molecule has 0 fully saturated rings. The lowest BCUT2D eigenvalue weighted by atomic mass is 9.96. The Morgan fingerprint density at radius 3 is 2.13 bits per heavy atom. The number of hydrogen-bond acceptors (Lipinski definition) is 3. The summed E-state index contributed by atoms with van der Waals surface area (Å²) >= 11 is 1.94. The number of unbranched alkanes of at least 4 members (excludes halogenated alkanes) is 9. The normalized spacial score (nSPS) is 13.6. The molecule has 0 spiro atoms. The minimum atomic E-state index is 0.803. The summed E-state index contributed by atoms with van der Waals surface area (Å²) in [6.07, 6.45) is 30.0. The Morgan fingerprint density at radius 2 is 1.49 bits per heavy atom. The van der Waals surface area contributed by atoms with Crippen LogP contribution in [0.4, 0.5) is 0 Å². The predicted molar refractivity (Wildman–Crippen MR) is 202 cm³/mol. The molecular weight excluding hydrogens is 567 g/mol. The number of rotatable bonds is 21. The molecule has 0 unspecified atom stereocenters. The van der Waals surface area contributed by atoms with Crippen LogP contribution in [0.3, 0.4) is 0 Å². The number of hydrogen-bond donors (Lipinski definition) is 1. The van der Waals surface area contributed by atoms with Crippen LogP contribution in [-0.4, -0.2) is 12.8 Å². The van der Waals surface area contributed by atoms with E-state index in [0.717, 1.165) is 23.5 Å². The summed E-state index contributed by atoms with van der Waals surface area (Å²) in [4.78, 5) is 7.55. The maximum absolute atomic E-state index is 6.84. The number of thiophene rings is 1. The highest BCUT2D eigenvalue weighted by molar-refractivity contribution is 7.13.